The summed E-state index contributed by atoms with van der Waals surface area (Å²) in [6.45, 7) is 5.95. The Bertz CT molecular complexity index is 67.3. The van der Waals surface area contributed by atoms with Crippen LogP contribution in [-0.2, 0) is 4.79 Å². The zero-order valence-corrected chi connectivity index (χ0v) is 6.26. The van der Waals surface area contributed by atoms with Crippen LogP contribution >= 0.6 is 0 Å². The summed E-state index contributed by atoms with van der Waals surface area (Å²) in [7, 11) is 0. The van der Waals surface area contributed by atoms with Gasteiger partial charge in [-0.3, -0.25) is 4.79 Å². The van der Waals surface area contributed by atoms with Crippen LogP contribution in [0.2, 0.25) is 0 Å². The van der Waals surface area contributed by atoms with Gasteiger partial charge in [-0.1, -0.05) is 13.8 Å². The van der Waals surface area contributed by atoms with E-state index >= 15 is 0 Å². The van der Waals surface area contributed by atoms with E-state index in [-0.39, 0.29) is 0 Å². The molecule has 0 spiro atoms. The summed E-state index contributed by atoms with van der Waals surface area (Å²) in [5.41, 5.74) is 0. The van der Waals surface area contributed by atoms with Crippen LogP contribution in [0.4, 0.5) is 0 Å². The van der Waals surface area contributed by atoms with Gasteiger partial charge in [0.15, 0.2) is 0 Å². The molecule has 2 heteroatoms. The highest BCUT2D eigenvalue weighted by atomic mass is 16.1. The Labute approximate surface area is 56.9 Å². The summed E-state index contributed by atoms with van der Waals surface area (Å²) in [6, 6.07) is 0. The van der Waals surface area contributed by atoms with E-state index in [0.717, 1.165) is 32.3 Å². The summed E-state index contributed by atoms with van der Waals surface area (Å²) in [4.78, 5) is 12.0. The Morgan fingerprint density at radius 1 is 1.22 bits per heavy atom. The molecule has 2 nitrogen and oxygen atoms in total. The van der Waals surface area contributed by atoms with Crippen LogP contribution < -0.4 is 0 Å². The second-order valence-corrected chi connectivity index (χ2v) is 2.14. The third-order valence-electron chi connectivity index (χ3n) is 1.17. The van der Waals surface area contributed by atoms with Crippen molar-refractivity contribution in [1.82, 2.24) is 4.90 Å². The van der Waals surface area contributed by atoms with Gasteiger partial charge in [-0.25, -0.2) is 0 Å². The van der Waals surface area contributed by atoms with Gasteiger partial charge in [0.05, 0.1) is 0 Å². The molecule has 0 unspecified atom stereocenters. The number of rotatable bonds is 5. The van der Waals surface area contributed by atoms with Gasteiger partial charge in [-0.15, -0.1) is 0 Å². The first-order valence-corrected chi connectivity index (χ1v) is 3.54. The van der Waals surface area contributed by atoms with E-state index in [0.29, 0.717) is 0 Å². The van der Waals surface area contributed by atoms with Crippen LogP contribution in [0.25, 0.3) is 0 Å². The third-order valence-corrected chi connectivity index (χ3v) is 1.17. The second-order valence-electron chi connectivity index (χ2n) is 2.14. The average molecular weight is 129 g/mol. The number of hydrogen-bond acceptors (Lipinski definition) is 1. The fourth-order valence-corrected chi connectivity index (χ4v) is 0.792. The lowest BCUT2D eigenvalue weighted by molar-refractivity contribution is -0.118. The molecular formula is C7H15NO. The zero-order chi connectivity index (χ0) is 7.11. The zero-order valence-electron chi connectivity index (χ0n) is 6.26. The number of hydrogen-bond donors (Lipinski definition) is 0. The normalized spacial score (nSPS) is 9.11. The van der Waals surface area contributed by atoms with Gasteiger partial charge in [-0.2, -0.15) is 0 Å². The van der Waals surface area contributed by atoms with Crippen molar-refractivity contribution < 1.29 is 4.79 Å². The topological polar surface area (TPSA) is 20.3 Å². The van der Waals surface area contributed by atoms with Crippen LogP contribution in [0, 0.1) is 0 Å². The van der Waals surface area contributed by atoms with Gasteiger partial charge in [0, 0.05) is 13.1 Å². The number of carbonyl (C=O) groups excluding carboxylic acids is 1. The first kappa shape index (κ1) is 8.47. The van der Waals surface area contributed by atoms with Gasteiger partial charge >= 0.3 is 0 Å². The predicted octanol–water partition coefficient (Wildman–Crippen LogP) is 1.26. The number of amides is 1. The van der Waals surface area contributed by atoms with Crippen molar-refractivity contribution >= 4 is 6.41 Å². The fourth-order valence-electron chi connectivity index (χ4n) is 0.792. The standard InChI is InChI=1S/C7H15NO/c1-3-5-8(7-9)6-4-2/h7H,3-6H2,1-2H3. The summed E-state index contributed by atoms with van der Waals surface area (Å²) in [6.07, 6.45) is 3.03. The molecule has 0 N–H and O–H groups in total. The highest BCUT2D eigenvalue weighted by molar-refractivity contribution is 5.46. The summed E-state index contributed by atoms with van der Waals surface area (Å²) in [5.74, 6) is 0. The molecule has 0 aromatic rings. The van der Waals surface area contributed by atoms with E-state index in [4.69, 9.17) is 0 Å². The molecule has 1 amide bonds. The van der Waals surface area contributed by atoms with E-state index in [1.54, 1.807) is 4.90 Å². The minimum atomic E-state index is 0.900. The molecule has 0 rings (SSSR count). The molecule has 9 heavy (non-hydrogen) atoms. The maximum Gasteiger partial charge on any atom is 0.209 e. The fraction of sp³-hybridized carbons (Fsp3) is 0.857. The number of carbonyl (C=O) groups is 1. The van der Waals surface area contributed by atoms with Crippen molar-refractivity contribution in [1.29, 1.82) is 0 Å². The maximum atomic E-state index is 10.2. The first-order valence-electron chi connectivity index (χ1n) is 3.54. The molecule has 0 fully saturated rings. The van der Waals surface area contributed by atoms with Crippen LogP contribution in [0.3, 0.4) is 0 Å². The molecule has 0 bridgehead atoms. The highest BCUT2D eigenvalue weighted by Crippen LogP contribution is 1.88. The van der Waals surface area contributed by atoms with Crippen molar-refractivity contribution in [3.05, 3.63) is 0 Å². The largest absolute Gasteiger partial charge is 0.345 e. The van der Waals surface area contributed by atoms with E-state index < -0.39 is 0 Å². The molecule has 0 aromatic carbocycles. The lowest BCUT2D eigenvalue weighted by atomic mass is 10.4. The monoisotopic (exact) mass is 129 g/mol. The van der Waals surface area contributed by atoms with Crippen LogP contribution in [0.1, 0.15) is 26.7 Å². The van der Waals surface area contributed by atoms with Gasteiger partial charge in [0.25, 0.3) is 0 Å². The van der Waals surface area contributed by atoms with Gasteiger partial charge in [0.2, 0.25) is 6.41 Å². The minimum absolute atomic E-state index is 0.900. The Morgan fingerprint density at radius 2 is 1.67 bits per heavy atom. The molecule has 0 aromatic heterocycles. The molecule has 0 saturated heterocycles. The Hall–Kier alpha value is -0.530. The molecule has 0 heterocycles. The number of nitrogens with zero attached hydrogens (tertiary/aromatic N) is 1. The smallest absolute Gasteiger partial charge is 0.209 e. The molecule has 0 radical (unpaired) electrons. The lowest BCUT2D eigenvalue weighted by Crippen LogP contribution is -2.23. The first-order chi connectivity index (χ1) is 4.35. The Kier molecular flexibility index (Phi) is 5.27. The van der Waals surface area contributed by atoms with Crippen LogP contribution in [0.5, 0.6) is 0 Å². The van der Waals surface area contributed by atoms with E-state index in [1.165, 1.54) is 0 Å². The van der Waals surface area contributed by atoms with Crippen molar-refractivity contribution in [2.24, 2.45) is 0 Å². The molecule has 0 aliphatic carbocycles. The van der Waals surface area contributed by atoms with E-state index in [2.05, 4.69) is 13.8 Å². The van der Waals surface area contributed by atoms with Crippen molar-refractivity contribution in [3.8, 4) is 0 Å². The Balaban J connectivity index is 3.29. The van der Waals surface area contributed by atoms with Crippen LogP contribution in [0.15, 0.2) is 0 Å². The van der Waals surface area contributed by atoms with Crippen molar-refractivity contribution in [2.75, 3.05) is 13.1 Å². The Morgan fingerprint density at radius 3 is 1.89 bits per heavy atom. The maximum absolute atomic E-state index is 10.2. The van der Waals surface area contributed by atoms with E-state index in [9.17, 15) is 4.79 Å². The second kappa shape index (κ2) is 5.60. The van der Waals surface area contributed by atoms with Gasteiger partial charge in [0.1, 0.15) is 0 Å². The molecule has 0 saturated carbocycles. The molecule has 0 aliphatic rings. The molecule has 54 valence electrons. The minimum Gasteiger partial charge on any atom is -0.345 e. The molecule has 0 atom stereocenters. The van der Waals surface area contributed by atoms with Gasteiger partial charge in [-0.05, 0) is 12.8 Å². The highest BCUT2D eigenvalue weighted by Gasteiger charge is 1.94. The lowest BCUT2D eigenvalue weighted by Gasteiger charge is -2.13. The quantitative estimate of drug-likeness (QED) is 0.512. The molecular weight excluding hydrogens is 114 g/mol. The summed E-state index contributed by atoms with van der Waals surface area (Å²) >= 11 is 0. The summed E-state index contributed by atoms with van der Waals surface area (Å²) < 4.78 is 0. The third kappa shape index (κ3) is 4.01. The van der Waals surface area contributed by atoms with Crippen LogP contribution in [-0.4, -0.2) is 24.4 Å². The van der Waals surface area contributed by atoms with Crippen molar-refractivity contribution in [3.63, 3.8) is 0 Å². The predicted molar refractivity (Wildman–Crippen MR) is 38.2 cm³/mol. The molecule has 0 aliphatic heterocycles. The van der Waals surface area contributed by atoms with Crippen molar-refractivity contribution in [2.45, 2.75) is 26.7 Å². The SMILES string of the molecule is CCCN(C=O)CCC. The van der Waals surface area contributed by atoms with Gasteiger partial charge < -0.3 is 4.90 Å². The average Bonchev–Trinajstić information content (AvgIpc) is 1.88. The van der Waals surface area contributed by atoms with E-state index in [1.807, 2.05) is 0 Å². The summed E-state index contributed by atoms with van der Waals surface area (Å²) in [5, 5.41) is 0.